The lowest BCUT2D eigenvalue weighted by Crippen LogP contribution is -2.47. The Bertz CT molecular complexity index is 1190. The molecule has 8 heteroatoms. The topological polar surface area (TPSA) is 83.8 Å². The van der Waals surface area contributed by atoms with Crippen LogP contribution in [0, 0.1) is 16.0 Å². The Kier molecular flexibility index (Phi) is 7.07. The van der Waals surface area contributed by atoms with Crippen LogP contribution in [0.25, 0.3) is 0 Å². The van der Waals surface area contributed by atoms with E-state index in [9.17, 15) is 19.7 Å². The van der Waals surface area contributed by atoms with E-state index in [4.69, 9.17) is 0 Å². The maximum Gasteiger partial charge on any atom is 0.270 e. The number of benzene rings is 2. The number of hydrogen-bond acceptors (Lipinski definition) is 5. The number of fused-ring (bicyclic) bond motifs is 1. The zero-order valence-corrected chi connectivity index (χ0v) is 20.0. The number of hydrogen-bond donors (Lipinski definition) is 0. The highest BCUT2D eigenvalue weighted by atomic mass is 32.1. The Hall–Kier alpha value is -3.52. The summed E-state index contributed by atoms with van der Waals surface area (Å²) in [5, 5.41) is 13.2. The molecule has 0 N–H and O–H groups in total. The number of nitro benzene ring substituents is 1. The molecular formula is C26H27N3O4S. The van der Waals surface area contributed by atoms with Gasteiger partial charge in [-0.2, -0.15) is 0 Å². The first kappa shape index (κ1) is 23.6. The summed E-state index contributed by atoms with van der Waals surface area (Å²) < 4.78 is 0. The van der Waals surface area contributed by atoms with Gasteiger partial charge in [-0.15, -0.1) is 11.3 Å². The van der Waals surface area contributed by atoms with Crippen LogP contribution in [0.1, 0.15) is 46.3 Å². The first-order valence-electron chi connectivity index (χ1n) is 11.3. The number of rotatable bonds is 7. The van der Waals surface area contributed by atoms with E-state index in [0.29, 0.717) is 13.1 Å². The Morgan fingerprint density at radius 1 is 1.15 bits per heavy atom. The molecule has 2 amide bonds. The van der Waals surface area contributed by atoms with Crippen LogP contribution in [0.4, 0.5) is 5.69 Å². The third-order valence-electron chi connectivity index (χ3n) is 5.90. The van der Waals surface area contributed by atoms with Crippen LogP contribution >= 0.6 is 11.3 Å². The van der Waals surface area contributed by atoms with E-state index < -0.39 is 4.92 Å². The fraction of sp³-hybridized carbons (Fsp3) is 0.308. The first-order valence-corrected chi connectivity index (χ1v) is 12.2. The molecule has 1 aromatic heterocycles. The molecule has 2 heterocycles. The van der Waals surface area contributed by atoms with Crippen molar-refractivity contribution in [1.82, 2.24) is 9.80 Å². The number of carbonyl (C=O) groups is 2. The van der Waals surface area contributed by atoms with E-state index in [1.165, 1.54) is 28.0 Å². The van der Waals surface area contributed by atoms with Gasteiger partial charge in [0, 0.05) is 35.7 Å². The Labute approximate surface area is 202 Å². The minimum atomic E-state index is -0.522. The summed E-state index contributed by atoms with van der Waals surface area (Å²) in [7, 11) is 0. The predicted molar refractivity (Wildman–Crippen MR) is 132 cm³/mol. The Morgan fingerprint density at radius 3 is 2.62 bits per heavy atom. The van der Waals surface area contributed by atoms with Gasteiger partial charge in [0.15, 0.2) is 0 Å². The molecule has 176 valence electrons. The van der Waals surface area contributed by atoms with Crippen LogP contribution in [0.15, 0.2) is 66.0 Å². The molecule has 0 bridgehead atoms. The van der Waals surface area contributed by atoms with Crippen molar-refractivity contribution in [1.29, 1.82) is 0 Å². The lowest BCUT2D eigenvalue weighted by Gasteiger charge is -2.38. The summed E-state index contributed by atoms with van der Waals surface area (Å²) in [4.78, 5) is 42.3. The van der Waals surface area contributed by atoms with Gasteiger partial charge in [0.2, 0.25) is 5.91 Å². The standard InChI is InChI=1S/C26H27N3O4S/c1-18(2)16-27(26(31)20-9-6-10-21(15-20)29(32)33)17-24(30)28-13-11-23-22(12-14-34-23)25(28)19-7-4-3-5-8-19/h3-10,12,14-15,18,25H,11,13,16-17H2,1-2H3. The van der Waals surface area contributed by atoms with Gasteiger partial charge in [-0.05, 0) is 41.0 Å². The Balaban J connectivity index is 1.62. The highest BCUT2D eigenvalue weighted by molar-refractivity contribution is 7.10. The summed E-state index contributed by atoms with van der Waals surface area (Å²) in [6, 6.07) is 17.5. The number of nitrogens with zero attached hydrogens (tertiary/aromatic N) is 3. The van der Waals surface area contributed by atoms with E-state index in [0.717, 1.165) is 17.5 Å². The van der Waals surface area contributed by atoms with Crippen molar-refractivity contribution in [3.63, 3.8) is 0 Å². The SMILES string of the molecule is CC(C)CN(CC(=O)N1CCc2sccc2C1c1ccccc1)C(=O)c1cccc([N+](=O)[O-])c1. The van der Waals surface area contributed by atoms with Gasteiger partial charge in [-0.25, -0.2) is 0 Å². The van der Waals surface area contributed by atoms with Gasteiger partial charge in [-0.3, -0.25) is 19.7 Å². The monoisotopic (exact) mass is 477 g/mol. The molecule has 1 atom stereocenters. The molecule has 1 unspecified atom stereocenters. The molecule has 0 saturated carbocycles. The third-order valence-corrected chi connectivity index (χ3v) is 6.90. The number of amides is 2. The smallest absolute Gasteiger partial charge is 0.270 e. The number of non-ortho nitro benzene ring substituents is 1. The summed E-state index contributed by atoms with van der Waals surface area (Å²) >= 11 is 1.71. The van der Waals surface area contributed by atoms with Crippen molar-refractivity contribution in [2.24, 2.45) is 5.92 Å². The van der Waals surface area contributed by atoms with E-state index in [2.05, 4.69) is 11.4 Å². The van der Waals surface area contributed by atoms with Crippen LogP contribution in [-0.4, -0.2) is 46.2 Å². The second-order valence-corrected chi connectivity index (χ2v) is 9.84. The first-order chi connectivity index (χ1) is 16.3. The van der Waals surface area contributed by atoms with Crippen molar-refractivity contribution in [3.05, 3.63) is 97.7 Å². The highest BCUT2D eigenvalue weighted by Crippen LogP contribution is 2.37. The average molecular weight is 478 g/mol. The summed E-state index contributed by atoms with van der Waals surface area (Å²) in [5.41, 5.74) is 2.24. The summed E-state index contributed by atoms with van der Waals surface area (Å²) in [6.07, 6.45) is 0.783. The van der Waals surface area contributed by atoms with Gasteiger partial charge in [-0.1, -0.05) is 50.2 Å². The molecule has 7 nitrogen and oxygen atoms in total. The fourth-order valence-electron chi connectivity index (χ4n) is 4.43. The summed E-state index contributed by atoms with van der Waals surface area (Å²) in [5.74, 6) is -0.384. The van der Waals surface area contributed by atoms with Crippen molar-refractivity contribution in [2.75, 3.05) is 19.6 Å². The molecule has 0 fully saturated rings. The molecule has 1 aliphatic heterocycles. The maximum absolute atomic E-state index is 13.6. The van der Waals surface area contributed by atoms with Gasteiger partial charge in [0.05, 0.1) is 11.0 Å². The maximum atomic E-state index is 13.6. The third kappa shape index (κ3) is 5.02. The lowest BCUT2D eigenvalue weighted by molar-refractivity contribution is -0.384. The number of carbonyl (C=O) groups excluding carboxylic acids is 2. The second kappa shape index (κ2) is 10.2. The quantitative estimate of drug-likeness (QED) is 0.357. The normalized spacial score (nSPS) is 15.1. The van der Waals surface area contributed by atoms with Crippen LogP contribution in [0.2, 0.25) is 0 Å². The average Bonchev–Trinajstić information content (AvgIpc) is 3.31. The van der Waals surface area contributed by atoms with E-state index >= 15 is 0 Å². The minimum Gasteiger partial charge on any atom is -0.330 e. The molecule has 4 rings (SSSR count). The highest BCUT2D eigenvalue weighted by Gasteiger charge is 2.34. The van der Waals surface area contributed by atoms with Crippen LogP contribution in [0.3, 0.4) is 0 Å². The minimum absolute atomic E-state index is 0.0808. The molecule has 0 radical (unpaired) electrons. The second-order valence-electron chi connectivity index (χ2n) is 8.84. The molecule has 0 saturated heterocycles. The molecule has 1 aliphatic rings. The van der Waals surface area contributed by atoms with Gasteiger partial charge < -0.3 is 9.80 Å². The van der Waals surface area contributed by atoms with Crippen molar-refractivity contribution in [3.8, 4) is 0 Å². The van der Waals surface area contributed by atoms with Crippen LogP contribution in [-0.2, 0) is 11.2 Å². The van der Waals surface area contributed by atoms with Crippen molar-refractivity contribution < 1.29 is 14.5 Å². The lowest BCUT2D eigenvalue weighted by atomic mass is 9.93. The van der Waals surface area contributed by atoms with E-state index in [1.54, 1.807) is 17.4 Å². The number of nitro groups is 1. The molecule has 0 aliphatic carbocycles. The van der Waals surface area contributed by atoms with Crippen molar-refractivity contribution in [2.45, 2.75) is 26.3 Å². The fourth-order valence-corrected chi connectivity index (χ4v) is 5.33. The zero-order chi connectivity index (χ0) is 24.2. The van der Waals surface area contributed by atoms with Crippen LogP contribution < -0.4 is 0 Å². The van der Waals surface area contributed by atoms with Gasteiger partial charge in [0.1, 0.15) is 6.54 Å². The van der Waals surface area contributed by atoms with E-state index in [-0.39, 0.29) is 41.6 Å². The predicted octanol–water partition coefficient (Wildman–Crippen LogP) is 4.93. The number of thiophene rings is 1. The molecule has 2 aromatic carbocycles. The van der Waals surface area contributed by atoms with E-state index in [1.807, 2.05) is 49.1 Å². The molecule has 34 heavy (non-hydrogen) atoms. The van der Waals surface area contributed by atoms with Crippen molar-refractivity contribution >= 4 is 28.8 Å². The van der Waals surface area contributed by atoms with Gasteiger partial charge in [0.25, 0.3) is 11.6 Å². The van der Waals surface area contributed by atoms with Gasteiger partial charge >= 0.3 is 0 Å². The molecule has 3 aromatic rings. The Morgan fingerprint density at radius 2 is 1.91 bits per heavy atom. The summed E-state index contributed by atoms with van der Waals surface area (Å²) in [6.45, 7) is 4.82. The zero-order valence-electron chi connectivity index (χ0n) is 19.2. The molecular weight excluding hydrogens is 450 g/mol. The van der Waals surface area contributed by atoms with Crippen LogP contribution in [0.5, 0.6) is 0 Å². The largest absolute Gasteiger partial charge is 0.330 e. The molecule has 0 spiro atoms.